The fraction of sp³-hybridized carbons (Fsp3) is 0.333. The number of imidazole rings is 1. The third-order valence-corrected chi connectivity index (χ3v) is 4.52. The molecule has 6 heteroatoms. The summed E-state index contributed by atoms with van der Waals surface area (Å²) in [5.41, 5.74) is 2.75. The van der Waals surface area contributed by atoms with Gasteiger partial charge in [0.05, 0.1) is 31.4 Å². The highest BCUT2D eigenvalue weighted by atomic mass is 16.5. The summed E-state index contributed by atoms with van der Waals surface area (Å²) < 4.78 is 9.60. The van der Waals surface area contributed by atoms with Crippen molar-refractivity contribution in [3.8, 4) is 0 Å². The van der Waals surface area contributed by atoms with Gasteiger partial charge in [-0.3, -0.25) is 4.79 Å². The molecular weight excluding hydrogens is 304 g/mol. The van der Waals surface area contributed by atoms with Crippen LogP contribution in [-0.4, -0.2) is 44.5 Å². The van der Waals surface area contributed by atoms with Gasteiger partial charge in [-0.1, -0.05) is 6.07 Å². The first-order valence-electron chi connectivity index (χ1n) is 8.13. The largest absolute Gasteiger partial charge is 0.377 e. The zero-order chi connectivity index (χ0) is 16.5. The minimum atomic E-state index is -0.0386. The van der Waals surface area contributed by atoms with Crippen molar-refractivity contribution in [3.63, 3.8) is 0 Å². The van der Waals surface area contributed by atoms with Gasteiger partial charge in [0, 0.05) is 37.9 Å². The molecule has 0 unspecified atom stereocenters. The van der Waals surface area contributed by atoms with Gasteiger partial charge < -0.3 is 18.6 Å². The van der Waals surface area contributed by atoms with E-state index < -0.39 is 0 Å². The Morgan fingerprint density at radius 3 is 3.00 bits per heavy atom. The number of ether oxygens (including phenoxy) is 1. The Morgan fingerprint density at radius 2 is 2.21 bits per heavy atom. The number of hydrogen-bond acceptors (Lipinski definition) is 3. The molecule has 1 aliphatic rings. The molecule has 0 N–H and O–H groups in total. The fourth-order valence-corrected chi connectivity index (χ4v) is 3.30. The Labute approximate surface area is 140 Å². The van der Waals surface area contributed by atoms with Crippen LogP contribution in [0.15, 0.2) is 48.9 Å². The molecule has 0 aromatic carbocycles. The molecule has 4 rings (SSSR count). The van der Waals surface area contributed by atoms with Crippen LogP contribution in [0.3, 0.4) is 0 Å². The van der Waals surface area contributed by atoms with Gasteiger partial charge in [-0.25, -0.2) is 4.98 Å². The van der Waals surface area contributed by atoms with Crippen molar-refractivity contribution in [1.29, 1.82) is 0 Å². The van der Waals surface area contributed by atoms with E-state index in [0.29, 0.717) is 26.2 Å². The standard InChI is InChI=1S/C18H20N4O2/c1-20-7-4-5-15(20)16-13-24-10-9-22(16)18(23)11-14-12-21-8-3-2-6-17(21)19-14/h2-8,12,16H,9-11,13H2,1H3/t16-/m1/s1. The molecule has 24 heavy (non-hydrogen) atoms. The van der Waals surface area contributed by atoms with E-state index in [4.69, 9.17) is 4.74 Å². The van der Waals surface area contributed by atoms with E-state index in [9.17, 15) is 4.79 Å². The van der Waals surface area contributed by atoms with Crippen molar-refractivity contribution in [2.24, 2.45) is 7.05 Å². The van der Waals surface area contributed by atoms with Crippen molar-refractivity contribution in [1.82, 2.24) is 18.9 Å². The minimum Gasteiger partial charge on any atom is -0.377 e. The Morgan fingerprint density at radius 1 is 1.29 bits per heavy atom. The van der Waals surface area contributed by atoms with E-state index in [1.54, 1.807) is 0 Å². The normalized spacial score (nSPS) is 18.2. The van der Waals surface area contributed by atoms with Gasteiger partial charge >= 0.3 is 0 Å². The number of fused-ring (bicyclic) bond motifs is 1. The number of aromatic nitrogens is 3. The van der Waals surface area contributed by atoms with E-state index in [1.165, 1.54) is 0 Å². The second kappa shape index (κ2) is 6.13. The Balaban J connectivity index is 1.56. The van der Waals surface area contributed by atoms with Crippen molar-refractivity contribution in [2.45, 2.75) is 12.5 Å². The highest BCUT2D eigenvalue weighted by molar-refractivity contribution is 5.79. The van der Waals surface area contributed by atoms with E-state index >= 15 is 0 Å². The molecule has 0 aliphatic carbocycles. The number of rotatable bonds is 3. The SMILES string of the molecule is Cn1cccc1[C@H]1COCCN1C(=O)Cc1cn2ccccc2n1. The van der Waals surface area contributed by atoms with Gasteiger partial charge in [-0.05, 0) is 24.3 Å². The van der Waals surface area contributed by atoms with Crippen LogP contribution in [0.1, 0.15) is 17.4 Å². The fourth-order valence-electron chi connectivity index (χ4n) is 3.30. The maximum Gasteiger partial charge on any atom is 0.229 e. The van der Waals surface area contributed by atoms with Crippen molar-refractivity contribution in [2.75, 3.05) is 19.8 Å². The highest BCUT2D eigenvalue weighted by Crippen LogP contribution is 2.25. The molecule has 0 bridgehead atoms. The summed E-state index contributed by atoms with van der Waals surface area (Å²) in [4.78, 5) is 19.3. The Kier molecular flexibility index (Phi) is 3.82. The van der Waals surface area contributed by atoms with E-state index in [0.717, 1.165) is 17.0 Å². The molecule has 0 spiro atoms. The molecule has 1 fully saturated rings. The number of amides is 1. The lowest BCUT2D eigenvalue weighted by Crippen LogP contribution is -2.44. The van der Waals surface area contributed by atoms with Crippen LogP contribution in [-0.2, 0) is 23.0 Å². The molecule has 3 aromatic heterocycles. The van der Waals surface area contributed by atoms with Gasteiger partial charge in [-0.2, -0.15) is 0 Å². The summed E-state index contributed by atoms with van der Waals surface area (Å²) in [7, 11) is 1.99. The van der Waals surface area contributed by atoms with E-state index in [-0.39, 0.29) is 11.9 Å². The summed E-state index contributed by atoms with van der Waals surface area (Å²) >= 11 is 0. The zero-order valence-corrected chi connectivity index (χ0v) is 13.6. The summed E-state index contributed by atoms with van der Waals surface area (Å²) in [6, 6.07) is 9.84. The summed E-state index contributed by atoms with van der Waals surface area (Å²) in [5.74, 6) is 0.0907. The number of carbonyl (C=O) groups is 1. The molecular formula is C18H20N4O2. The summed E-state index contributed by atoms with van der Waals surface area (Å²) in [5, 5.41) is 0. The maximum absolute atomic E-state index is 12.9. The molecule has 1 saturated heterocycles. The monoisotopic (exact) mass is 324 g/mol. The lowest BCUT2D eigenvalue weighted by Gasteiger charge is -2.36. The van der Waals surface area contributed by atoms with Crippen molar-refractivity contribution in [3.05, 3.63) is 60.3 Å². The maximum atomic E-state index is 12.9. The number of hydrogen-bond donors (Lipinski definition) is 0. The van der Waals surface area contributed by atoms with Gasteiger partial charge in [0.25, 0.3) is 0 Å². The third kappa shape index (κ3) is 2.69. The topological polar surface area (TPSA) is 51.8 Å². The van der Waals surface area contributed by atoms with E-state index in [2.05, 4.69) is 4.98 Å². The molecule has 0 saturated carbocycles. The average molecular weight is 324 g/mol. The first-order chi connectivity index (χ1) is 11.7. The molecule has 4 heterocycles. The zero-order valence-electron chi connectivity index (χ0n) is 13.6. The molecule has 6 nitrogen and oxygen atoms in total. The third-order valence-electron chi connectivity index (χ3n) is 4.52. The molecule has 1 atom stereocenters. The predicted molar refractivity (Wildman–Crippen MR) is 89.6 cm³/mol. The molecule has 1 amide bonds. The smallest absolute Gasteiger partial charge is 0.229 e. The quantitative estimate of drug-likeness (QED) is 0.738. The average Bonchev–Trinajstić information content (AvgIpc) is 3.20. The van der Waals surface area contributed by atoms with Crippen LogP contribution in [0.25, 0.3) is 5.65 Å². The van der Waals surface area contributed by atoms with Gasteiger partial charge in [0.2, 0.25) is 5.91 Å². The van der Waals surface area contributed by atoms with Gasteiger partial charge in [0.1, 0.15) is 5.65 Å². The van der Waals surface area contributed by atoms with Crippen molar-refractivity contribution < 1.29 is 9.53 Å². The Hall–Kier alpha value is -2.60. The minimum absolute atomic E-state index is 0.0386. The van der Waals surface area contributed by atoms with Crippen LogP contribution in [0.5, 0.6) is 0 Å². The second-order valence-electron chi connectivity index (χ2n) is 6.10. The van der Waals surface area contributed by atoms with Gasteiger partial charge in [0.15, 0.2) is 0 Å². The second-order valence-corrected chi connectivity index (χ2v) is 6.10. The van der Waals surface area contributed by atoms with Crippen LogP contribution >= 0.6 is 0 Å². The molecule has 1 aliphatic heterocycles. The lowest BCUT2D eigenvalue weighted by atomic mass is 10.1. The van der Waals surface area contributed by atoms with Crippen LogP contribution < -0.4 is 0 Å². The summed E-state index contributed by atoms with van der Waals surface area (Å²) in [6.45, 7) is 1.73. The summed E-state index contributed by atoms with van der Waals surface area (Å²) in [6.07, 6.45) is 6.17. The number of aryl methyl sites for hydroxylation is 1. The molecule has 3 aromatic rings. The van der Waals surface area contributed by atoms with Crippen LogP contribution in [0.2, 0.25) is 0 Å². The van der Waals surface area contributed by atoms with Crippen LogP contribution in [0.4, 0.5) is 0 Å². The van der Waals surface area contributed by atoms with Crippen LogP contribution in [0, 0.1) is 0 Å². The highest BCUT2D eigenvalue weighted by Gasteiger charge is 2.30. The lowest BCUT2D eigenvalue weighted by molar-refractivity contribution is -0.139. The van der Waals surface area contributed by atoms with Gasteiger partial charge in [-0.15, -0.1) is 0 Å². The first kappa shape index (κ1) is 15.0. The number of pyridine rings is 1. The predicted octanol–water partition coefficient (Wildman–Crippen LogP) is 1.82. The Bertz CT molecular complexity index is 834. The number of morpholine rings is 1. The first-order valence-corrected chi connectivity index (χ1v) is 8.13. The number of nitrogens with zero attached hydrogens (tertiary/aromatic N) is 4. The number of carbonyl (C=O) groups excluding carboxylic acids is 1. The molecule has 124 valence electrons. The van der Waals surface area contributed by atoms with Crippen molar-refractivity contribution >= 4 is 11.6 Å². The van der Waals surface area contributed by atoms with E-state index in [1.807, 2.05) is 69.8 Å². The molecule has 0 radical (unpaired) electrons.